The van der Waals surface area contributed by atoms with E-state index in [0.29, 0.717) is 17.8 Å². The highest BCUT2D eigenvalue weighted by molar-refractivity contribution is 6.06. The summed E-state index contributed by atoms with van der Waals surface area (Å²) >= 11 is 0. The number of carboxylic acids is 1. The van der Waals surface area contributed by atoms with Crippen molar-refractivity contribution in [1.29, 1.82) is 0 Å². The Morgan fingerprint density at radius 3 is 2.20 bits per heavy atom. The van der Waals surface area contributed by atoms with Gasteiger partial charge in [0.25, 0.3) is 5.91 Å². The topological polar surface area (TPSA) is 86.7 Å². The number of allylic oxidation sites excluding steroid dienone is 2. The van der Waals surface area contributed by atoms with E-state index in [9.17, 15) is 19.5 Å². The molecular weight excluding hydrogens is 380 g/mol. The third kappa shape index (κ3) is 3.61. The SMILES string of the molecule is CCN(C(=O)c1ccc(NC(=O)[C@@H]2[C@@H](C(=O)O)[C@H]3C=C[C@@H]2C3)cc1)c1ccccc1. The number of hydrogen-bond donors (Lipinski definition) is 2. The molecule has 2 aromatic carbocycles. The number of anilines is 2. The molecule has 0 heterocycles. The third-order valence-electron chi connectivity index (χ3n) is 6.08. The van der Waals surface area contributed by atoms with Crippen molar-refractivity contribution >= 4 is 29.2 Å². The fourth-order valence-electron chi connectivity index (χ4n) is 4.65. The van der Waals surface area contributed by atoms with Gasteiger partial charge in [0.15, 0.2) is 0 Å². The summed E-state index contributed by atoms with van der Waals surface area (Å²) in [5.41, 5.74) is 1.90. The van der Waals surface area contributed by atoms with Crippen LogP contribution in [0.2, 0.25) is 0 Å². The highest BCUT2D eigenvalue weighted by Gasteiger charge is 2.51. The Morgan fingerprint density at radius 2 is 1.60 bits per heavy atom. The van der Waals surface area contributed by atoms with Crippen molar-refractivity contribution in [3.63, 3.8) is 0 Å². The number of carbonyl (C=O) groups excluding carboxylic acids is 2. The molecule has 0 saturated heterocycles. The van der Waals surface area contributed by atoms with Crippen molar-refractivity contribution in [3.8, 4) is 0 Å². The van der Waals surface area contributed by atoms with Crippen LogP contribution in [0.15, 0.2) is 66.7 Å². The molecule has 0 radical (unpaired) electrons. The fraction of sp³-hybridized carbons (Fsp3) is 0.292. The fourth-order valence-corrected chi connectivity index (χ4v) is 4.65. The van der Waals surface area contributed by atoms with Crippen LogP contribution in [0.1, 0.15) is 23.7 Å². The molecule has 2 aliphatic rings. The number of nitrogens with zero attached hydrogens (tertiary/aromatic N) is 1. The third-order valence-corrected chi connectivity index (χ3v) is 6.08. The minimum Gasteiger partial charge on any atom is -0.481 e. The summed E-state index contributed by atoms with van der Waals surface area (Å²) in [6, 6.07) is 16.2. The van der Waals surface area contributed by atoms with Crippen LogP contribution in [0.5, 0.6) is 0 Å². The molecule has 6 nitrogen and oxygen atoms in total. The molecule has 0 aromatic heterocycles. The molecule has 2 N–H and O–H groups in total. The van der Waals surface area contributed by atoms with Gasteiger partial charge in [0.2, 0.25) is 5.91 Å². The van der Waals surface area contributed by atoms with Crippen molar-refractivity contribution in [2.24, 2.45) is 23.7 Å². The Bertz CT molecular complexity index is 984. The standard InChI is InChI=1S/C24H24N2O4/c1-2-26(19-6-4-3-5-7-19)23(28)15-10-12-18(13-11-15)25-22(27)20-16-8-9-17(14-16)21(20)24(29)30/h3-13,16-17,20-21H,2,14H2,1H3,(H,25,27)(H,29,30)/t16-,17+,20+,21+/m1/s1. The molecule has 0 unspecified atom stereocenters. The van der Waals surface area contributed by atoms with E-state index in [1.165, 1.54) is 0 Å². The summed E-state index contributed by atoms with van der Waals surface area (Å²) < 4.78 is 0. The lowest BCUT2D eigenvalue weighted by Gasteiger charge is -2.24. The summed E-state index contributed by atoms with van der Waals surface area (Å²) in [7, 11) is 0. The number of benzene rings is 2. The predicted molar refractivity (Wildman–Crippen MR) is 114 cm³/mol. The lowest BCUT2D eigenvalue weighted by atomic mass is 9.82. The quantitative estimate of drug-likeness (QED) is 0.717. The van der Waals surface area contributed by atoms with Gasteiger partial charge in [-0.05, 0) is 61.6 Å². The summed E-state index contributed by atoms with van der Waals surface area (Å²) in [6.45, 7) is 2.46. The number of fused-ring (bicyclic) bond motifs is 2. The maximum atomic E-state index is 12.9. The molecule has 2 aliphatic carbocycles. The zero-order valence-corrected chi connectivity index (χ0v) is 16.7. The first-order valence-electron chi connectivity index (χ1n) is 10.2. The molecule has 154 valence electrons. The molecule has 0 aliphatic heterocycles. The van der Waals surface area contributed by atoms with E-state index in [1.807, 2.05) is 49.4 Å². The lowest BCUT2D eigenvalue weighted by molar-refractivity contribution is -0.146. The Labute approximate surface area is 175 Å². The van der Waals surface area contributed by atoms with Crippen LogP contribution in [-0.4, -0.2) is 29.4 Å². The first-order chi connectivity index (χ1) is 14.5. The predicted octanol–water partition coefficient (Wildman–Crippen LogP) is 3.81. The van der Waals surface area contributed by atoms with Crippen molar-refractivity contribution in [2.75, 3.05) is 16.8 Å². The smallest absolute Gasteiger partial charge is 0.307 e. The van der Waals surface area contributed by atoms with E-state index >= 15 is 0 Å². The number of aliphatic carboxylic acids is 1. The molecule has 30 heavy (non-hydrogen) atoms. The molecule has 2 aromatic rings. The maximum Gasteiger partial charge on any atom is 0.307 e. The van der Waals surface area contributed by atoms with Crippen molar-refractivity contribution < 1.29 is 19.5 Å². The van der Waals surface area contributed by atoms with Gasteiger partial charge in [0.1, 0.15) is 0 Å². The largest absolute Gasteiger partial charge is 0.481 e. The van der Waals surface area contributed by atoms with Crippen LogP contribution >= 0.6 is 0 Å². The second-order valence-corrected chi connectivity index (χ2v) is 7.79. The number of amides is 2. The Hall–Kier alpha value is -3.41. The van der Waals surface area contributed by atoms with E-state index in [2.05, 4.69) is 5.32 Å². The molecule has 4 atom stereocenters. The summed E-state index contributed by atoms with van der Waals surface area (Å²) in [4.78, 5) is 39.0. The van der Waals surface area contributed by atoms with Gasteiger partial charge in [-0.2, -0.15) is 0 Å². The summed E-state index contributed by atoms with van der Waals surface area (Å²) in [5, 5.41) is 12.4. The van der Waals surface area contributed by atoms with Crippen LogP contribution in [0.25, 0.3) is 0 Å². The molecule has 4 rings (SSSR count). The average Bonchev–Trinajstić information content (AvgIpc) is 3.37. The number of carboxylic acid groups (broad SMARTS) is 1. The first-order valence-corrected chi connectivity index (χ1v) is 10.2. The molecule has 0 spiro atoms. The second-order valence-electron chi connectivity index (χ2n) is 7.79. The molecular formula is C24H24N2O4. The van der Waals surface area contributed by atoms with Crippen molar-refractivity contribution in [3.05, 3.63) is 72.3 Å². The Kier molecular flexibility index (Phi) is 5.40. The van der Waals surface area contributed by atoms with Crippen molar-refractivity contribution in [1.82, 2.24) is 0 Å². The Morgan fingerprint density at radius 1 is 0.967 bits per heavy atom. The average molecular weight is 404 g/mol. The highest BCUT2D eigenvalue weighted by Crippen LogP contribution is 2.48. The Balaban J connectivity index is 1.46. The van der Waals surface area contributed by atoms with Crippen LogP contribution in [0.3, 0.4) is 0 Å². The van der Waals surface area contributed by atoms with Crippen LogP contribution in [0, 0.1) is 23.7 Å². The van der Waals surface area contributed by atoms with Gasteiger partial charge in [0, 0.05) is 23.5 Å². The van der Waals surface area contributed by atoms with E-state index in [4.69, 9.17) is 0 Å². The van der Waals surface area contributed by atoms with E-state index in [1.54, 1.807) is 29.2 Å². The van der Waals surface area contributed by atoms with Gasteiger partial charge in [-0.25, -0.2) is 0 Å². The monoisotopic (exact) mass is 404 g/mol. The highest BCUT2D eigenvalue weighted by atomic mass is 16.4. The van der Waals surface area contributed by atoms with Gasteiger partial charge >= 0.3 is 5.97 Å². The maximum absolute atomic E-state index is 12.9. The lowest BCUT2D eigenvalue weighted by Crippen LogP contribution is -2.36. The van der Waals surface area contributed by atoms with Gasteiger partial charge in [-0.1, -0.05) is 30.4 Å². The van der Waals surface area contributed by atoms with E-state index < -0.39 is 17.8 Å². The van der Waals surface area contributed by atoms with Crippen LogP contribution in [-0.2, 0) is 9.59 Å². The number of nitrogens with one attached hydrogen (secondary N) is 1. The number of carbonyl (C=O) groups is 3. The zero-order valence-electron chi connectivity index (χ0n) is 16.7. The molecule has 1 saturated carbocycles. The molecule has 2 bridgehead atoms. The van der Waals surface area contributed by atoms with E-state index in [0.717, 1.165) is 12.1 Å². The van der Waals surface area contributed by atoms with Gasteiger partial charge in [0.05, 0.1) is 11.8 Å². The minimum absolute atomic E-state index is 0.0269. The summed E-state index contributed by atoms with van der Waals surface area (Å²) in [5.74, 6) is -2.66. The van der Waals surface area contributed by atoms with Gasteiger partial charge in [-0.3, -0.25) is 14.4 Å². The van der Waals surface area contributed by atoms with Gasteiger partial charge < -0.3 is 15.3 Å². The minimum atomic E-state index is -0.923. The first kappa shape index (κ1) is 19.9. The normalized spacial score (nSPS) is 23.9. The molecule has 2 amide bonds. The number of rotatable bonds is 6. The summed E-state index contributed by atoms with van der Waals surface area (Å²) in [6.07, 6.45) is 4.59. The van der Waals surface area contributed by atoms with E-state index in [-0.39, 0.29) is 23.7 Å². The second kappa shape index (κ2) is 8.14. The molecule has 6 heteroatoms. The van der Waals surface area contributed by atoms with Crippen molar-refractivity contribution in [2.45, 2.75) is 13.3 Å². The van der Waals surface area contributed by atoms with Crippen LogP contribution < -0.4 is 10.2 Å². The van der Waals surface area contributed by atoms with Crippen LogP contribution in [0.4, 0.5) is 11.4 Å². The number of para-hydroxylation sites is 1. The molecule has 1 fully saturated rings. The number of hydrogen-bond acceptors (Lipinski definition) is 3. The zero-order chi connectivity index (χ0) is 21.3. The van der Waals surface area contributed by atoms with Gasteiger partial charge in [-0.15, -0.1) is 0 Å².